The SMILES string of the molecule is CCOCCn1c(=O)c(CN)cc2ccccc21. The van der Waals surface area contributed by atoms with Gasteiger partial charge in [0.2, 0.25) is 0 Å². The molecule has 18 heavy (non-hydrogen) atoms. The van der Waals surface area contributed by atoms with Crippen LogP contribution >= 0.6 is 0 Å². The quantitative estimate of drug-likeness (QED) is 0.813. The number of nitrogens with zero attached hydrogens (tertiary/aromatic N) is 1. The molecule has 0 saturated heterocycles. The number of pyridine rings is 1. The smallest absolute Gasteiger partial charge is 0.255 e. The van der Waals surface area contributed by atoms with Crippen molar-refractivity contribution in [1.29, 1.82) is 0 Å². The first-order chi connectivity index (χ1) is 8.77. The molecule has 2 rings (SSSR count). The van der Waals surface area contributed by atoms with Crippen LogP contribution in [0.15, 0.2) is 35.1 Å². The third kappa shape index (κ3) is 2.44. The number of hydrogen-bond donors (Lipinski definition) is 1. The molecular formula is C14H18N2O2. The van der Waals surface area contributed by atoms with E-state index in [-0.39, 0.29) is 12.1 Å². The fourth-order valence-corrected chi connectivity index (χ4v) is 2.06. The minimum absolute atomic E-state index is 0.0177. The minimum Gasteiger partial charge on any atom is -0.380 e. The van der Waals surface area contributed by atoms with Crippen molar-refractivity contribution in [2.24, 2.45) is 5.73 Å². The first-order valence-electron chi connectivity index (χ1n) is 6.17. The molecule has 1 heterocycles. The van der Waals surface area contributed by atoms with E-state index < -0.39 is 0 Å². The normalized spacial score (nSPS) is 11.0. The molecule has 4 heteroatoms. The van der Waals surface area contributed by atoms with E-state index in [0.29, 0.717) is 25.3 Å². The Kier molecular flexibility index (Phi) is 4.12. The topological polar surface area (TPSA) is 57.2 Å². The Hall–Kier alpha value is -1.65. The maximum Gasteiger partial charge on any atom is 0.255 e. The number of ether oxygens (including phenoxy) is 1. The van der Waals surface area contributed by atoms with Crippen LogP contribution in [0.4, 0.5) is 0 Å². The molecular weight excluding hydrogens is 228 g/mol. The second-order valence-electron chi connectivity index (χ2n) is 4.09. The van der Waals surface area contributed by atoms with Crippen LogP contribution < -0.4 is 11.3 Å². The highest BCUT2D eigenvalue weighted by Gasteiger charge is 2.07. The lowest BCUT2D eigenvalue weighted by Crippen LogP contribution is -2.27. The van der Waals surface area contributed by atoms with Gasteiger partial charge in [0.05, 0.1) is 12.1 Å². The highest BCUT2D eigenvalue weighted by Crippen LogP contribution is 2.13. The van der Waals surface area contributed by atoms with Crippen molar-refractivity contribution in [2.45, 2.75) is 20.0 Å². The van der Waals surface area contributed by atoms with Gasteiger partial charge in [-0.15, -0.1) is 0 Å². The Balaban J connectivity index is 2.52. The number of hydrogen-bond acceptors (Lipinski definition) is 3. The van der Waals surface area contributed by atoms with Crippen molar-refractivity contribution >= 4 is 10.9 Å². The first kappa shape index (κ1) is 12.8. The molecule has 4 nitrogen and oxygen atoms in total. The van der Waals surface area contributed by atoms with Crippen LogP contribution in [0.3, 0.4) is 0 Å². The van der Waals surface area contributed by atoms with Crippen molar-refractivity contribution < 1.29 is 4.74 Å². The summed E-state index contributed by atoms with van der Waals surface area (Å²) in [7, 11) is 0. The predicted octanol–water partition coefficient (Wildman–Crippen LogP) is 1.50. The van der Waals surface area contributed by atoms with Gasteiger partial charge in [0, 0.05) is 25.3 Å². The van der Waals surface area contributed by atoms with Gasteiger partial charge in [0.15, 0.2) is 0 Å². The maximum absolute atomic E-state index is 12.2. The van der Waals surface area contributed by atoms with Crippen LogP contribution in [-0.2, 0) is 17.8 Å². The van der Waals surface area contributed by atoms with Gasteiger partial charge >= 0.3 is 0 Å². The van der Waals surface area contributed by atoms with Crippen molar-refractivity contribution in [2.75, 3.05) is 13.2 Å². The zero-order chi connectivity index (χ0) is 13.0. The first-order valence-corrected chi connectivity index (χ1v) is 6.17. The third-order valence-corrected chi connectivity index (χ3v) is 2.96. The molecule has 0 aliphatic rings. The molecule has 0 spiro atoms. The van der Waals surface area contributed by atoms with E-state index in [9.17, 15) is 4.79 Å². The number of aromatic nitrogens is 1. The molecule has 1 aromatic heterocycles. The number of rotatable bonds is 5. The molecule has 0 unspecified atom stereocenters. The van der Waals surface area contributed by atoms with Gasteiger partial charge in [0.25, 0.3) is 5.56 Å². The van der Waals surface area contributed by atoms with Gasteiger partial charge in [-0.3, -0.25) is 4.79 Å². The minimum atomic E-state index is -0.0177. The monoisotopic (exact) mass is 246 g/mol. The van der Waals surface area contributed by atoms with Crippen LogP contribution in [0.5, 0.6) is 0 Å². The molecule has 0 amide bonds. The van der Waals surface area contributed by atoms with E-state index >= 15 is 0 Å². The average Bonchev–Trinajstić information content (AvgIpc) is 2.41. The van der Waals surface area contributed by atoms with E-state index in [4.69, 9.17) is 10.5 Å². The maximum atomic E-state index is 12.2. The molecule has 0 saturated carbocycles. The van der Waals surface area contributed by atoms with Crippen LogP contribution in [0.1, 0.15) is 12.5 Å². The van der Waals surface area contributed by atoms with Gasteiger partial charge in [-0.2, -0.15) is 0 Å². The summed E-state index contributed by atoms with van der Waals surface area (Å²) in [6.07, 6.45) is 0. The van der Waals surface area contributed by atoms with Gasteiger partial charge < -0.3 is 15.0 Å². The second kappa shape index (κ2) is 5.80. The molecule has 2 aromatic rings. The molecule has 1 aromatic carbocycles. The van der Waals surface area contributed by atoms with Crippen LogP contribution in [0, 0.1) is 0 Å². The highest BCUT2D eigenvalue weighted by molar-refractivity contribution is 5.79. The van der Waals surface area contributed by atoms with E-state index in [0.717, 1.165) is 10.9 Å². The summed E-state index contributed by atoms with van der Waals surface area (Å²) in [5, 5.41) is 1.04. The zero-order valence-corrected chi connectivity index (χ0v) is 10.6. The molecule has 2 N–H and O–H groups in total. The lowest BCUT2D eigenvalue weighted by atomic mass is 10.1. The fourth-order valence-electron chi connectivity index (χ4n) is 2.06. The summed E-state index contributed by atoms with van der Waals surface area (Å²) in [6, 6.07) is 9.70. The third-order valence-electron chi connectivity index (χ3n) is 2.96. The van der Waals surface area contributed by atoms with Gasteiger partial charge in [-0.1, -0.05) is 18.2 Å². The average molecular weight is 246 g/mol. The van der Waals surface area contributed by atoms with E-state index in [2.05, 4.69) is 0 Å². The number of benzene rings is 1. The Morgan fingerprint density at radius 1 is 1.33 bits per heavy atom. The summed E-state index contributed by atoms with van der Waals surface area (Å²) < 4.78 is 7.07. The number of para-hydroxylation sites is 1. The predicted molar refractivity (Wildman–Crippen MR) is 72.6 cm³/mol. The molecule has 0 atom stereocenters. The molecule has 0 aliphatic heterocycles. The van der Waals surface area contributed by atoms with Crippen LogP contribution in [0.25, 0.3) is 10.9 Å². The van der Waals surface area contributed by atoms with Gasteiger partial charge in [-0.05, 0) is 24.4 Å². The van der Waals surface area contributed by atoms with Crippen LogP contribution in [0.2, 0.25) is 0 Å². The summed E-state index contributed by atoms with van der Waals surface area (Å²) in [5.41, 5.74) is 7.18. The molecule has 96 valence electrons. The molecule has 0 radical (unpaired) electrons. The molecule has 0 fully saturated rings. The lowest BCUT2D eigenvalue weighted by molar-refractivity contribution is 0.139. The van der Waals surface area contributed by atoms with Crippen molar-refractivity contribution in [3.63, 3.8) is 0 Å². The number of nitrogens with two attached hydrogens (primary N) is 1. The fraction of sp³-hybridized carbons (Fsp3) is 0.357. The van der Waals surface area contributed by atoms with Crippen molar-refractivity contribution in [1.82, 2.24) is 4.57 Å². The Bertz CT molecular complexity index is 590. The molecule has 0 aliphatic carbocycles. The summed E-state index contributed by atoms with van der Waals surface area (Å²) in [5.74, 6) is 0. The second-order valence-corrected chi connectivity index (χ2v) is 4.09. The number of fused-ring (bicyclic) bond motifs is 1. The largest absolute Gasteiger partial charge is 0.380 e. The Labute approximate surface area is 106 Å². The van der Waals surface area contributed by atoms with Gasteiger partial charge in [0.1, 0.15) is 0 Å². The van der Waals surface area contributed by atoms with Gasteiger partial charge in [-0.25, -0.2) is 0 Å². The summed E-state index contributed by atoms with van der Waals surface area (Å²) in [4.78, 5) is 12.2. The zero-order valence-electron chi connectivity index (χ0n) is 10.6. The molecule has 0 bridgehead atoms. The Morgan fingerprint density at radius 3 is 2.83 bits per heavy atom. The van der Waals surface area contributed by atoms with E-state index in [1.807, 2.05) is 37.3 Å². The van der Waals surface area contributed by atoms with E-state index in [1.54, 1.807) is 4.57 Å². The summed E-state index contributed by atoms with van der Waals surface area (Å²) >= 11 is 0. The standard InChI is InChI=1S/C14H18N2O2/c1-2-18-8-7-16-13-6-4-3-5-11(13)9-12(10-15)14(16)17/h3-6,9H,2,7-8,10,15H2,1H3. The van der Waals surface area contributed by atoms with Crippen molar-refractivity contribution in [3.05, 3.63) is 46.2 Å². The van der Waals surface area contributed by atoms with Crippen LogP contribution in [-0.4, -0.2) is 17.8 Å². The lowest BCUT2D eigenvalue weighted by Gasteiger charge is -2.12. The van der Waals surface area contributed by atoms with E-state index in [1.165, 1.54) is 0 Å². The summed E-state index contributed by atoms with van der Waals surface area (Å²) in [6.45, 7) is 3.95. The van der Waals surface area contributed by atoms with Crippen molar-refractivity contribution in [3.8, 4) is 0 Å². The Morgan fingerprint density at radius 2 is 2.11 bits per heavy atom. The highest BCUT2D eigenvalue weighted by atomic mass is 16.5.